The summed E-state index contributed by atoms with van der Waals surface area (Å²) < 4.78 is 23.7. The Labute approximate surface area is 233 Å². The molecule has 0 bridgehead atoms. The molecule has 5 aromatic rings. The van der Waals surface area contributed by atoms with Gasteiger partial charge in [-0.3, -0.25) is 4.79 Å². The van der Waals surface area contributed by atoms with Crippen LogP contribution in [0.5, 0.6) is 17.2 Å². The van der Waals surface area contributed by atoms with E-state index < -0.39 is 5.97 Å². The zero-order valence-corrected chi connectivity index (χ0v) is 22.7. The van der Waals surface area contributed by atoms with Gasteiger partial charge in [-0.2, -0.15) is 0 Å². The van der Waals surface area contributed by atoms with E-state index in [0.29, 0.717) is 39.4 Å². The molecular weight excluding hydrogens is 560 g/mol. The third-order valence-electron chi connectivity index (χ3n) is 6.08. The molecule has 5 rings (SSSR count). The minimum atomic E-state index is -0.604. The number of benzene rings is 4. The second-order valence-electron chi connectivity index (χ2n) is 8.54. The molecule has 0 unspecified atom stereocenters. The molecule has 0 amide bonds. The monoisotopic (exact) mass is 582 g/mol. The van der Waals surface area contributed by atoms with E-state index in [0.717, 1.165) is 10.0 Å². The highest BCUT2D eigenvalue weighted by atomic mass is 79.9. The highest BCUT2D eigenvalue weighted by Crippen LogP contribution is 2.37. The highest BCUT2D eigenvalue weighted by Gasteiger charge is 2.25. The third-order valence-corrected chi connectivity index (χ3v) is 6.61. The van der Waals surface area contributed by atoms with Gasteiger partial charge in [-0.1, -0.05) is 58.4 Å². The number of fused-ring (bicyclic) bond motifs is 1. The number of rotatable bonds is 8. The van der Waals surface area contributed by atoms with Gasteiger partial charge in [0.05, 0.1) is 14.2 Å². The average Bonchev–Trinajstić information content (AvgIpc) is 3.36. The summed E-state index contributed by atoms with van der Waals surface area (Å²) >= 11 is 3.37. The summed E-state index contributed by atoms with van der Waals surface area (Å²) in [6, 6.07) is 26.8. The zero-order valence-electron chi connectivity index (χ0n) is 21.1. The Balaban J connectivity index is 1.45. The number of allylic oxidation sites excluding steroid dienone is 1. The lowest BCUT2D eigenvalue weighted by molar-refractivity contribution is 0.0731. The first-order chi connectivity index (χ1) is 19.0. The van der Waals surface area contributed by atoms with Crippen LogP contribution in [0.4, 0.5) is 0 Å². The van der Waals surface area contributed by atoms with Gasteiger partial charge in [0, 0.05) is 21.0 Å². The first-order valence-electron chi connectivity index (χ1n) is 12.0. The quantitative estimate of drug-likeness (QED) is 0.0798. The molecule has 194 valence electrons. The predicted molar refractivity (Wildman–Crippen MR) is 154 cm³/mol. The molecule has 7 heteroatoms. The Hall–Kier alpha value is -4.62. The van der Waals surface area contributed by atoms with E-state index in [4.69, 9.17) is 18.6 Å². The Kier molecular flexibility index (Phi) is 7.61. The lowest BCUT2D eigenvalue weighted by atomic mass is 10.1. The van der Waals surface area contributed by atoms with Crippen molar-refractivity contribution in [3.63, 3.8) is 0 Å². The molecule has 0 aliphatic rings. The molecule has 0 aliphatic carbocycles. The van der Waals surface area contributed by atoms with Gasteiger partial charge in [0.2, 0.25) is 0 Å². The summed E-state index contributed by atoms with van der Waals surface area (Å²) in [5, 5.41) is 0.572. The van der Waals surface area contributed by atoms with Crippen LogP contribution in [0.1, 0.15) is 26.3 Å². The van der Waals surface area contributed by atoms with Crippen molar-refractivity contribution in [2.75, 3.05) is 14.2 Å². The van der Waals surface area contributed by atoms with Crippen LogP contribution in [0.2, 0.25) is 0 Å². The summed E-state index contributed by atoms with van der Waals surface area (Å²) in [6.45, 7) is 0. The molecule has 6 nitrogen and oxygen atoms in total. The fourth-order valence-corrected chi connectivity index (χ4v) is 4.37. The van der Waals surface area contributed by atoms with E-state index in [1.54, 1.807) is 61.7 Å². The van der Waals surface area contributed by atoms with Crippen molar-refractivity contribution < 1.29 is 28.2 Å². The molecular formula is C32H23BrO6. The Bertz CT molecular complexity index is 1680. The molecule has 4 aromatic carbocycles. The number of ether oxygens (including phenoxy) is 3. The second-order valence-corrected chi connectivity index (χ2v) is 9.45. The van der Waals surface area contributed by atoms with Crippen molar-refractivity contribution in [1.29, 1.82) is 0 Å². The van der Waals surface area contributed by atoms with Crippen LogP contribution >= 0.6 is 15.9 Å². The molecule has 1 heterocycles. The fourth-order valence-electron chi connectivity index (χ4n) is 4.10. The molecule has 0 saturated carbocycles. The van der Waals surface area contributed by atoms with Crippen molar-refractivity contribution in [3.05, 3.63) is 118 Å². The van der Waals surface area contributed by atoms with Crippen LogP contribution in [0.25, 0.3) is 28.4 Å². The van der Waals surface area contributed by atoms with E-state index in [1.807, 2.05) is 42.5 Å². The number of methoxy groups -OCH3 is 2. The van der Waals surface area contributed by atoms with Crippen molar-refractivity contribution in [3.8, 4) is 28.6 Å². The maximum Gasteiger partial charge on any atom is 0.348 e. The average molecular weight is 583 g/mol. The van der Waals surface area contributed by atoms with Gasteiger partial charge < -0.3 is 18.6 Å². The minimum Gasteiger partial charge on any atom is -0.497 e. The van der Waals surface area contributed by atoms with Gasteiger partial charge in [0.25, 0.3) is 0 Å². The highest BCUT2D eigenvalue weighted by molar-refractivity contribution is 9.10. The largest absolute Gasteiger partial charge is 0.497 e. The minimum absolute atomic E-state index is 0.132. The Morgan fingerprint density at radius 1 is 0.821 bits per heavy atom. The Morgan fingerprint density at radius 3 is 2.31 bits per heavy atom. The predicted octanol–water partition coefficient (Wildman–Crippen LogP) is 7.99. The third kappa shape index (κ3) is 5.63. The normalized spacial score (nSPS) is 11.1. The van der Waals surface area contributed by atoms with Crippen molar-refractivity contribution in [2.24, 2.45) is 0 Å². The SMILES string of the molecule is COc1ccc2oc(-c3ccccc3)c(C(=O)Oc3ccc(C=CC(=O)c4ccc(Br)cc4)cc3OC)c2c1. The van der Waals surface area contributed by atoms with Gasteiger partial charge in [-0.05, 0) is 66.2 Å². The van der Waals surface area contributed by atoms with E-state index in [2.05, 4.69) is 15.9 Å². The first-order valence-corrected chi connectivity index (χ1v) is 12.8. The lowest BCUT2D eigenvalue weighted by Crippen LogP contribution is -2.10. The number of carbonyl (C=O) groups is 2. The summed E-state index contributed by atoms with van der Waals surface area (Å²) in [6.07, 6.45) is 3.17. The second kappa shape index (κ2) is 11.4. The summed E-state index contributed by atoms with van der Waals surface area (Å²) in [5.41, 5.74) is 2.83. The number of hydrogen-bond acceptors (Lipinski definition) is 6. The van der Waals surface area contributed by atoms with Crippen LogP contribution in [0, 0.1) is 0 Å². The number of hydrogen-bond donors (Lipinski definition) is 0. The number of carbonyl (C=O) groups excluding carboxylic acids is 2. The molecule has 39 heavy (non-hydrogen) atoms. The van der Waals surface area contributed by atoms with Crippen LogP contribution in [0.15, 0.2) is 106 Å². The number of ketones is 1. The van der Waals surface area contributed by atoms with Gasteiger partial charge in [0.15, 0.2) is 17.3 Å². The molecule has 0 saturated heterocycles. The first kappa shape index (κ1) is 26.0. The molecule has 0 spiro atoms. The topological polar surface area (TPSA) is 75.0 Å². The standard InChI is InChI=1S/C32H23BrO6/c1-36-24-14-17-27-25(19-24)30(31(38-27)22-6-4-3-5-7-22)32(35)39-28-16-9-20(18-29(28)37-2)8-15-26(34)21-10-12-23(33)13-11-21/h3-19H,1-2H3. The smallest absolute Gasteiger partial charge is 0.348 e. The maximum absolute atomic E-state index is 13.6. The molecule has 0 atom stereocenters. The molecule has 0 radical (unpaired) electrons. The van der Waals surface area contributed by atoms with Crippen LogP contribution in [-0.2, 0) is 0 Å². The number of esters is 1. The van der Waals surface area contributed by atoms with E-state index in [1.165, 1.54) is 13.2 Å². The molecule has 0 aliphatic heterocycles. The van der Waals surface area contributed by atoms with E-state index in [9.17, 15) is 9.59 Å². The van der Waals surface area contributed by atoms with Crippen molar-refractivity contribution in [1.82, 2.24) is 0 Å². The van der Waals surface area contributed by atoms with Crippen LogP contribution < -0.4 is 14.2 Å². The maximum atomic E-state index is 13.6. The molecule has 0 N–H and O–H groups in total. The van der Waals surface area contributed by atoms with Crippen LogP contribution in [0.3, 0.4) is 0 Å². The summed E-state index contributed by atoms with van der Waals surface area (Å²) in [4.78, 5) is 26.1. The van der Waals surface area contributed by atoms with Crippen molar-refractivity contribution in [2.45, 2.75) is 0 Å². The van der Waals surface area contributed by atoms with Gasteiger partial charge >= 0.3 is 5.97 Å². The number of furan rings is 1. The zero-order chi connectivity index (χ0) is 27.4. The van der Waals surface area contributed by atoms with Crippen molar-refractivity contribution >= 4 is 44.7 Å². The molecule has 1 aromatic heterocycles. The van der Waals surface area contributed by atoms with E-state index in [-0.39, 0.29) is 17.1 Å². The lowest BCUT2D eigenvalue weighted by Gasteiger charge is -2.10. The van der Waals surface area contributed by atoms with Gasteiger partial charge in [0.1, 0.15) is 22.7 Å². The summed E-state index contributed by atoms with van der Waals surface area (Å²) in [5.74, 6) is 0.820. The van der Waals surface area contributed by atoms with Gasteiger partial charge in [-0.25, -0.2) is 4.79 Å². The van der Waals surface area contributed by atoms with Gasteiger partial charge in [-0.15, -0.1) is 0 Å². The number of halogens is 1. The fraction of sp³-hybridized carbons (Fsp3) is 0.0625. The van der Waals surface area contributed by atoms with E-state index >= 15 is 0 Å². The summed E-state index contributed by atoms with van der Waals surface area (Å²) in [7, 11) is 3.05. The molecule has 0 fully saturated rings. The Morgan fingerprint density at radius 2 is 1.59 bits per heavy atom. The van der Waals surface area contributed by atoms with Crippen LogP contribution in [-0.4, -0.2) is 26.0 Å².